The Bertz CT molecular complexity index is 949. The molecule has 1 saturated carbocycles. The minimum absolute atomic E-state index is 0.118. The average molecular weight is 603 g/mol. The highest BCUT2D eigenvalue weighted by molar-refractivity contribution is 14.1. The molecule has 0 spiro atoms. The van der Waals surface area contributed by atoms with Gasteiger partial charge in [-0.2, -0.15) is 0 Å². The highest BCUT2D eigenvalue weighted by Gasteiger charge is 2.30. The van der Waals surface area contributed by atoms with Crippen LogP contribution in [0.1, 0.15) is 51.0 Å². The molecule has 0 bridgehead atoms. The number of carbonyl (C=O) groups is 2. The van der Waals surface area contributed by atoms with Crippen molar-refractivity contribution in [3.05, 3.63) is 61.6 Å². The molecule has 1 fully saturated rings. The molecule has 1 aliphatic carbocycles. The zero-order valence-electron chi connectivity index (χ0n) is 18.7. The van der Waals surface area contributed by atoms with Crippen LogP contribution in [-0.4, -0.2) is 35.4 Å². The van der Waals surface area contributed by atoms with Crippen LogP contribution in [0.4, 0.5) is 0 Å². The van der Waals surface area contributed by atoms with Gasteiger partial charge in [0.25, 0.3) is 5.91 Å². The summed E-state index contributed by atoms with van der Waals surface area (Å²) in [5.74, 6) is 0.232. The zero-order chi connectivity index (χ0) is 23.8. The second kappa shape index (κ2) is 12.8. The monoisotopic (exact) mass is 602 g/mol. The maximum Gasteiger partial charge on any atom is 0.261 e. The first-order valence-electron chi connectivity index (χ1n) is 11.3. The number of ether oxygens (including phenoxy) is 1. The molecule has 1 aliphatic rings. The van der Waals surface area contributed by atoms with E-state index in [1.807, 2.05) is 37.3 Å². The van der Waals surface area contributed by atoms with Crippen LogP contribution in [0.5, 0.6) is 5.75 Å². The number of hydrogen-bond acceptors (Lipinski definition) is 3. The van der Waals surface area contributed by atoms with Crippen molar-refractivity contribution in [2.24, 2.45) is 0 Å². The van der Waals surface area contributed by atoms with E-state index in [4.69, 9.17) is 27.9 Å². The van der Waals surface area contributed by atoms with E-state index in [1.165, 1.54) is 6.42 Å². The van der Waals surface area contributed by atoms with Crippen molar-refractivity contribution in [3.8, 4) is 5.75 Å². The Morgan fingerprint density at radius 1 is 1.09 bits per heavy atom. The molecular weight excluding hydrogens is 574 g/mol. The van der Waals surface area contributed by atoms with Gasteiger partial charge in [0.05, 0.1) is 10.0 Å². The number of carbonyl (C=O) groups excluding carboxylic acids is 2. The summed E-state index contributed by atoms with van der Waals surface area (Å²) in [5, 5.41) is 4.03. The molecule has 2 amide bonds. The molecule has 0 heterocycles. The number of hydrogen-bond donors (Lipinski definition) is 1. The first kappa shape index (κ1) is 26.1. The average Bonchev–Trinajstić information content (AvgIpc) is 2.81. The van der Waals surface area contributed by atoms with Crippen LogP contribution < -0.4 is 10.1 Å². The molecule has 1 N–H and O–H groups in total. The van der Waals surface area contributed by atoms with E-state index in [0.29, 0.717) is 22.2 Å². The lowest BCUT2D eigenvalue weighted by atomic mass is 9.95. The molecule has 8 heteroatoms. The predicted octanol–water partition coefficient (Wildman–Crippen LogP) is 6.23. The van der Waals surface area contributed by atoms with Crippen molar-refractivity contribution in [2.75, 3.05) is 6.61 Å². The van der Waals surface area contributed by atoms with Crippen LogP contribution in [0, 0.1) is 3.57 Å². The van der Waals surface area contributed by atoms with Crippen molar-refractivity contribution >= 4 is 57.6 Å². The molecule has 5 nitrogen and oxygen atoms in total. The molecule has 0 saturated heterocycles. The number of halogens is 3. The summed E-state index contributed by atoms with van der Waals surface area (Å²) >= 11 is 14.5. The van der Waals surface area contributed by atoms with Gasteiger partial charge in [-0.3, -0.25) is 9.59 Å². The van der Waals surface area contributed by atoms with Gasteiger partial charge in [-0.15, -0.1) is 0 Å². The van der Waals surface area contributed by atoms with Crippen LogP contribution in [0.3, 0.4) is 0 Å². The van der Waals surface area contributed by atoms with Gasteiger partial charge in [0.15, 0.2) is 6.61 Å². The smallest absolute Gasteiger partial charge is 0.261 e. The molecule has 1 atom stereocenters. The van der Waals surface area contributed by atoms with Gasteiger partial charge in [0.1, 0.15) is 11.8 Å². The van der Waals surface area contributed by atoms with Crippen LogP contribution in [-0.2, 0) is 16.1 Å². The number of benzene rings is 2. The second-order valence-corrected chi connectivity index (χ2v) is 10.3. The second-order valence-electron chi connectivity index (χ2n) is 8.28. The zero-order valence-corrected chi connectivity index (χ0v) is 22.3. The number of nitrogens with one attached hydrogen (secondary N) is 1. The van der Waals surface area contributed by atoms with Crippen molar-refractivity contribution in [3.63, 3.8) is 0 Å². The lowest BCUT2D eigenvalue weighted by Gasteiger charge is -2.32. The molecule has 33 heavy (non-hydrogen) atoms. The van der Waals surface area contributed by atoms with Crippen molar-refractivity contribution in [1.29, 1.82) is 0 Å². The molecule has 178 valence electrons. The fourth-order valence-electron chi connectivity index (χ4n) is 4.06. The van der Waals surface area contributed by atoms with Gasteiger partial charge in [0.2, 0.25) is 5.91 Å². The molecule has 0 aromatic heterocycles. The van der Waals surface area contributed by atoms with E-state index < -0.39 is 6.04 Å². The maximum atomic E-state index is 13.3. The minimum Gasteiger partial charge on any atom is -0.484 e. The van der Waals surface area contributed by atoms with Crippen LogP contribution in [0.25, 0.3) is 0 Å². The SMILES string of the molecule is CC[C@@H](C(=O)NC1CCCCC1)N(Cc1ccc(Cl)c(Cl)c1)C(=O)COc1ccc(I)cc1. The van der Waals surface area contributed by atoms with Crippen molar-refractivity contribution in [1.82, 2.24) is 10.2 Å². The Labute approximate surface area is 219 Å². The summed E-state index contributed by atoms with van der Waals surface area (Å²) in [6, 6.07) is 12.3. The van der Waals surface area contributed by atoms with Gasteiger partial charge in [-0.25, -0.2) is 0 Å². The third-order valence-electron chi connectivity index (χ3n) is 5.85. The lowest BCUT2D eigenvalue weighted by molar-refractivity contribution is -0.143. The Hall–Kier alpha value is -1.51. The van der Waals surface area contributed by atoms with Gasteiger partial charge >= 0.3 is 0 Å². The quantitative estimate of drug-likeness (QED) is 0.346. The van der Waals surface area contributed by atoms with E-state index in [9.17, 15) is 9.59 Å². The molecule has 0 unspecified atom stereocenters. The summed E-state index contributed by atoms with van der Waals surface area (Å²) in [6.07, 6.45) is 5.92. The van der Waals surface area contributed by atoms with E-state index in [0.717, 1.165) is 34.8 Å². The summed E-state index contributed by atoms with van der Waals surface area (Å²) in [5.41, 5.74) is 0.802. The number of amides is 2. The van der Waals surface area contributed by atoms with E-state index >= 15 is 0 Å². The van der Waals surface area contributed by atoms with Crippen LogP contribution >= 0.6 is 45.8 Å². The standard InChI is InChI=1S/C25H29Cl2IN2O3/c1-2-23(25(32)29-19-6-4-3-5-7-19)30(15-17-8-13-21(26)22(27)14-17)24(31)16-33-20-11-9-18(28)10-12-20/h8-14,19,23H,2-7,15-16H2,1H3,(H,29,32)/t23-/m0/s1. The highest BCUT2D eigenvalue weighted by Crippen LogP contribution is 2.25. The third-order valence-corrected chi connectivity index (χ3v) is 7.31. The Balaban J connectivity index is 1.77. The van der Waals surface area contributed by atoms with Gasteiger partial charge in [-0.05, 0) is 83.8 Å². The normalized spacial score (nSPS) is 15.0. The molecule has 0 aliphatic heterocycles. The summed E-state index contributed by atoms with van der Waals surface area (Å²) in [6.45, 7) is 2.00. The van der Waals surface area contributed by atoms with Gasteiger partial charge in [0, 0.05) is 16.2 Å². The Morgan fingerprint density at radius 3 is 2.42 bits per heavy atom. The topological polar surface area (TPSA) is 58.6 Å². The van der Waals surface area contributed by atoms with Crippen molar-refractivity contribution in [2.45, 2.75) is 64.1 Å². The van der Waals surface area contributed by atoms with E-state index in [-0.39, 0.29) is 31.0 Å². The van der Waals surface area contributed by atoms with E-state index in [1.54, 1.807) is 17.0 Å². The molecule has 0 radical (unpaired) electrons. The van der Waals surface area contributed by atoms with E-state index in [2.05, 4.69) is 27.9 Å². The third kappa shape index (κ3) is 7.76. The Morgan fingerprint density at radius 2 is 1.79 bits per heavy atom. The van der Waals surface area contributed by atoms with Crippen molar-refractivity contribution < 1.29 is 14.3 Å². The highest BCUT2D eigenvalue weighted by atomic mass is 127. The predicted molar refractivity (Wildman–Crippen MR) is 141 cm³/mol. The molecule has 3 rings (SSSR count). The first-order chi connectivity index (χ1) is 15.9. The summed E-state index contributed by atoms with van der Waals surface area (Å²) in [7, 11) is 0. The Kier molecular flexibility index (Phi) is 10.1. The number of rotatable bonds is 9. The molecular formula is C25H29Cl2IN2O3. The summed E-state index contributed by atoms with van der Waals surface area (Å²) < 4.78 is 6.82. The van der Waals surface area contributed by atoms with Gasteiger partial charge in [-0.1, -0.05) is 55.5 Å². The van der Waals surface area contributed by atoms with Crippen LogP contribution in [0.2, 0.25) is 10.0 Å². The molecule has 2 aromatic rings. The number of nitrogens with zero attached hydrogens (tertiary/aromatic N) is 1. The minimum atomic E-state index is -0.603. The summed E-state index contributed by atoms with van der Waals surface area (Å²) in [4.78, 5) is 28.1. The lowest BCUT2D eigenvalue weighted by Crippen LogP contribution is -2.52. The van der Waals surface area contributed by atoms with Gasteiger partial charge < -0.3 is 15.0 Å². The van der Waals surface area contributed by atoms with Crippen LogP contribution in [0.15, 0.2) is 42.5 Å². The largest absolute Gasteiger partial charge is 0.484 e. The first-order valence-corrected chi connectivity index (χ1v) is 13.1. The fourth-order valence-corrected chi connectivity index (χ4v) is 4.74. The maximum absolute atomic E-state index is 13.3. The fraction of sp³-hybridized carbons (Fsp3) is 0.440. The molecule has 2 aromatic carbocycles.